The second-order valence-corrected chi connectivity index (χ2v) is 3.79. The molecule has 0 aromatic carbocycles. The van der Waals surface area contributed by atoms with Crippen LogP contribution in [0.5, 0.6) is 0 Å². The summed E-state index contributed by atoms with van der Waals surface area (Å²) in [6.45, 7) is 5.37. The second-order valence-electron chi connectivity index (χ2n) is 3.79. The van der Waals surface area contributed by atoms with Crippen molar-refractivity contribution in [1.82, 2.24) is 4.90 Å². The first-order valence-electron chi connectivity index (χ1n) is 4.25. The highest BCUT2D eigenvalue weighted by atomic mass is 16.6. The van der Waals surface area contributed by atoms with Crippen molar-refractivity contribution >= 4 is 12.1 Å². The monoisotopic (exact) mass is 187 g/mol. The molecular weight excluding hydrogens is 170 g/mol. The summed E-state index contributed by atoms with van der Waals surface area (Å²) in [5, 5.41) is 0. The number of nitrogens with zero attached hydrogens (tertiary/aromatic N) is 1. The van der Waals surface area contributed by atoms with Gasteiger partial charge in [0.1, 0.15) is 0 Å². The van der Waals surface area contributed by atoms with E-state index in [1.165, 1.54) is 19.0 Å². The van der Waals surface area contributed by atoms with E-state index in [0.717, 1.165) is 0 Å². The van der Waals surface area contributed by atoms with Crippen LogP contribution in [-0.2, 0) is 9.53 Å². The normalized spacial score (nSPS) is 10.8. The van der Waals surface area contributed by atoms with Crippen LogP contribution in [0, 0.1) is 5.41 Å². The lowest BCUT2D eigenvalue weighted by Crippen LogP contribution is -2.32. The topological polar surface area (TPSA) is 46.6 Å². The van der Waals surface area contributed by atoms with Crippen molar-refractivity contribution in [3.8, 4) is 0 Å². The first-order valence-corrected chi connectivity index (χ1v) is 4.25. The van der Waals surface area contributed by atoms with Gasteiger partial charge in [-0.15, -0.1) is 0 Å². The van der Waals surface area contributed by atoms with Crippen molar-refractivity contribution in [3.05, 3.63) is 0 Å². The summed E-state index contributed by atoms with van der Waals surface area (Å²) in [4.78, 5) is 23.6. The van der Waals surface area contributed by atoms with E-state index in [1.54, 1.807) is 13.8 Å². The van der Waals surface area contributed by atoms with Crippen molar-refractivity contribution in [2.24, 2.45) is 5.41 Å². The van der Waals surface area contributed by atoms with Crippen molar-refractivity contribution in [3.63, 3.8) is 0 Å². The molecule has 0 radical (unpaired) electrons. The van der Waals surface area contributed by atoms with E-state index >= 15 is 0 Å². The van der Waals surface area contributed by atoms with Crippen molar-refractivity contribution in [1.29, 1.82) is 0 Å². The molecule has 0 aliphatic heterocycles. The lowest BCUT2D eigenvalue weighted by Gasteiger charge is -2.20. The highest BCUT2D eigenvalue weighted by Gasteiger charge is 2.29. The quantitative estimate of drug-likeness (QED) is 0.487. The maximum atomic E-state index is 11.3. The van der Waals surface area contributed by atoms with Gasteiger partial charge in [0.25, 0.3) is 0 Å². The van der Waals surface area contributed by atoms with E-state index in [1.807, 2.05) is 6.92 Å². The van der Waals surface area contributed by atoms with Gasteiger partial charge in [-0.3, -0.25) is 4.79 Å². The zero-order chi connectivity index (χ0) is 10.6. The first kappa shape index (κ1) is 11.9. The lowest BCUT2D eigenvalue weighted by atomic mass is 9.91. The molecule has 0 atom stereocenters. The standard InChI is InChI=1S/C9H17NO3/c1-6-9(2,3)7(11)13-8(12)10(4)5/h6H2,1-5H3. The number of carbonyl (C=O) groups is 2. The molecule has 0 saturated carbocycles. The van der Waals surface area contributed by atoms with E-state index in [2.05, 4.69) is 4.74 Å². The molecule has 0 rings (SSSR count). The Morgan fingerprint density at radius 3 is 2.08 bits per heavy atom. The number of ether oxygens (including phenoxy) is 1. The average molecular weight is 187 g/mol. The molecule has 4 nitrogen and oxygen atoms in total. The number of hydrogen-bond donors (Lipinski definition) is 0. The highest BCUT2D eigenvalue weighted by Crippen LogP contribution is 2.21. The van der Waals surface area contributed by atoms with Crippen molar-refractivity contribution in [2.75, 3.05) is 14.1 Å². The van der Waals surface area contributed by atoms with Gasteiger partial charge in [-0.25, -0.2) is 4.79 Å². The Labute approximate surface area is 78.9 Å². The number of amides is 1. The molecule has 0 aromatic heterocycles. The fourth-order valence-electron chi connectivity index (χ4n) is 0.453. The van der Waals surface area contributed by atoms with E-state index in [0.29, 0.717) is 6.42 Å². The van der Waals surface area contributed by atoms with Gasteiger partial charge in [-0.05, 0) is 20.3 Å². The lowest BCUT2D eigenvalue weighted by molar-refractivity contribution is -0.148. The molecule has 0 aliphatic carbocycles. The van der Waals surface area contributed by atoms with Crippen molar-refractivity contribution < 1.29 is 14.3 Å². The Morgan fingerprint density at radius 2 is 1.77 bits per heavy atom. The van der Waals surface area contributed by atoms with Crippen LogP contribution in [0.2, 0.25) is 0 Å². The molecule has 76 valence electrons. The highest BCUT2D eigenvalue weighted by molar-refractivity contribution is 5.87. The van der Waals surface area contributed by atoms with Crippen LogP contribution in [0.4, 0.5) is 4.79 Å². The molecule has 4 heteroatoms. The predicted octanol–water partition coefficient (Wildman–Crippen LogP) is 1.65. The smallest absolute Gasteiger partial charge is 0.376 e. The molecule has 0 N–H and O–H groups in total. The summed E-state index contributed by atoms with van der Waals surface area (Å²) >= 11 is 0. The van der Waals surface area contributed by atoms with Gasteiger partial charge >= 0.3 is 12.1 Å². The minimum atomic E-state index is -0.619. The summed E-state index contributed by atoms with van der Waals surface area (Å²) in [5.41, 5.74) is -0.592. The van der Waals surface area contributed by atoms with Gasteiger partial charge < -0.3 is 9.64 Å². The maximum Gasteiger partial charge on any atom is 0.417 e. The van der Waals surface area contributed by atoms with E-state index in [4.69, 9.17) is 0 Å². The Balaban J connectivity index is 4.24. The minimum Gasteiger partial charge on any atom is -0.376 e. The maximum absolute atomic E-state index is 11.3. The summed E-state index contributed by atoms with van der Waals surface area (Å²) in [6, 6.07) is 0. The number of hydrogen-bond acceptors (Lipinski definition) is 3. The molecular formula is C9H17NO3. The molecule has 0 aromatic rings. The Morgan fingerprint density at radius 1 is 1.31 bits per heavy atom. The third-order valence-electron chi connectivity index (χ3n) is 1.98. The van der Waals surface area contributed by atoms with Crippen LogP contribution in [0.25, 0.3) is 0 Å². The second kappa shape index (κ2) is 4.25. The first-order chi connectivity index (χ1) is 5.81. The van der Waals surface area contributed by atoms with Gasteiger partial charge in [0.2, 0.25) is 0 Å². The van der Waals surface area contributed by atoms with E-state index < -0.39 is 17.5 Å². The predicted molar refractivity (Wildman–Crippen MR) is 49.2 cm³/mol. The van der Waals surface area contributed by atoms with Crippen molar-refractivity contribution in [2.45, 2.75) is 27.2 Å². The van der Waals surface area contributed by atoms with Gasteiger partial charge in [-0.2, -0.15) is 0 Å². The number of esters is 1. The molecule has 0 bridgehead atoms. The molecule has 0 saturated heterocycles. The average Bonchev–Trinajstić information content (AvgIpc) is 2.04. The van der Waals surface area contributed by atoms with E-state index in [9.17, 15) is 9.59 Å². The number of rotatable bonds is 2. The fourth-order valence-corrected chi connectivity index (χ4v) is 0.453. The summed E-state index contributed by atoms with van der Waals surface area (Å²) in [5.74, 6) is -0.478. The van der Waals surface area contributed by atoms with Gasteiger partial charge in [0.15, 0.2) is 0 Å². The molecule has 0 heterocycles. The third kappa shape index (κ3) is 3.44. The Bertz CT molecular complexity index is 209. The largest absolute Gasteiger partial charge is 0.417 e. The van der Waals surface area contributed by atoms with Gasteiger partial charge in [0, 0.05) is 14.1 Å². The zero-order valence-electron chi connectivity index (χ0n) is 8.88. The SMILES string of the molecule is CCC(C)(C)C(=O)OC(=O)N(C)C. The molecule has 1 amide bonds. The van der Waals surface area contributed by atoms with Crippen LogP contribution in [0.1, 0.15) is 27.2 Å². The summed E-state index contributed by atoms with van der Waals surface area (Å²) in [7, 11) is 3.07. The Kier molecular flexibility index (Phi) is 3.91. The van der Waals surface area contributed by atoms with Crippen LogP contribution in [0.15, 0.2) is 0 Å². The molecule has 0 unspecified atom stereocenters. The molecule has 0 fully saturated rings. The third-order valence-corrected chi connectivity index (χ3v) is 1.98. The van der Waals surface area contributed by atoms with E-state index in [-0.39, 0.29) is 0 Å². The van der Waals surface area contributed by atoms with Crippen LogP contribution in [-0.4, -0.2) is 31.1 Å². The minimum absolute atomic E-state index is 0.478. The molecule has 0 spiro atoms. The van der Waals surface area contributed by atoms with Gasteiger partial charge in [0.05, 0.1) is 5.41 Å². The van der Waals surface area contributed by atoms with Crippen LogP contribution in [0.3, 0.4) is 0 Å². The summed E-state index contributed by atoms with van der Waals surface area (Å²) in [6.07, 6.45) is 0.0264. The van der Waals surface area contributed by atoms with Crippen LogP contribution >= 0.6 is 0 Å². The number of carbonyl (C=O) groups excluding carboxylic acids is 2. The van der Waals surface area contributed by atoms with Crippen LogP contribution < -0.4 is 0 Å². The fraction of sp³-hybridized carbons (Fsp3) is 0.778. The molecule has 0 aliphatic rings. The zero-order valence-corrected chi connectivity index (χ0v) is 8.88. The molecule has 13 heavy (non-hydrogen) atoms. The summed E-state index contributed by atoms with van der Waals surface area (Å²) < 4.78 is 4.62. The Hall–Kier alpha value is -1.06. The van der Waals surface area contributed by atoms with Gasteiger partial charge in [-0.1, -0.05) is 6.92 Å².